The Kier molecular flexibility index (Phi) is 9.01. The molecule has 0 saturated heterocycles. The maximum absolute atomic E-state index is 15.2. The van der Waals surface area contributed by atoms with E-state index >= 15 is 26.3 Å². The number of hydrogen-bond acceptors (Lipinski definition) is 5. The highest BCUT2D eigenvalue weighted by molar-refractivity contribution is 6.31. The molecule has 0 atom stereocenters. The number of hydrogen-bond donors (Lipinski definition) is 0. The van der Waals surface area contributed by atoms with Crippen LogP contribution < -0.4 is 11.0 Å². The van der Waals surface area contributed by atoms with Gasteiger partial charge in [0.15, 0.2) is 11.1 Å². The molecule has 0 aliphatic heterocycles. The molecule has 298 valence electrons. The Morgan fingerprint density at radius 3 is 1.27 bits per heavy atom. The molecule has 0 bridgehead atoms. The third-order valence-corrected chi connectivity index (χ3v) is 9.91. The number of imidazole rings is 2. The van der Waals surface area contributed by atoms with Gasteiger partial charge in [-0.2, -0.15) is 68.5 Å². The number of nitrogens with zero attached hydrogens (tertiary/aromatic N) is 7. The largest absolute Gasteiger partial charge is 0.417 e. The Bertz CT molecular complexity index is 3210. The summed E-state index contributed by atoms with van der Waals surface area (Å²) in [7, 11) is 2.58. The molecular weight excluding hydrogens is 806 g/mol. The van der Waals surface area contributed by atoms with Crippen LogP contribution in [0.15, 0.2) is 60.7 Å². The van der Waals surface area contributed by atoms with E-state index in [0.717, 1.165) is 4.57 Å². The van der Waals surface area contributed by atoms with E-state index in [1.807, 2.05) is 6.07 Å². The second kappa shape index (κ2) is 13.2. The van der Waals surface area contributed by atoms with E-state index in [2.05, 4.69) is 9.97 Å². The number of aromatic nitrogens is 4. The second-order valence-electron chi connectivity index (χ2n) is 13.3. The van der Waals surface area contributed by atoms with Crippen molar-refractivity contribution in [2.75, 3.05) is 0 Å². The maximum Gasteiger partial charge on any atom is 0.417 e. The number of benzene rings is 5. The quantitative estimate of drug-likeness (QED) is 0.127. The van der Waals surface area contributed by atoms with Crippen LogP contribution in [0.5, 0.6) is 0 Å². The van der Waals surface area contributed by atoms with Gasteiger partial charge in [0, 0.05) is 36.0 Å². The molecule has 7 aromatic rings. The third-order valence-electron chi connectivity index (χ3n) is 9.91. The minimum Gasteiger partial charge on any atom is -0.326 e. The molecule has 0 amide bonds. The molecule has 2 heterocycles. The van der Waals surface area contributed by atoms with Gasteiger partial charge in [0.05, 0.1) is 56.0 Å². The molecule has 0 unspecified atom stereocenters. The van der Waals surface area contributed by atoms with E-state index in [4.69, 9.17) is 0 Å². The molecule has 2 aromatic heterocycles. The minimum absolute atomic E-state index is 0.0154. The highest BCUT2D eigenvalue weighted by atomic mass is 19.4. The van der Waals surface area contributed by atoms with E-state index in [9.17, 15) is 42.1 Å². The van der Waals surface area contributed by atoms with Gasteiger partial charge < -0.3 is 9.13 Å². The zero-order valence-corrected chi connectivity index (χ0v) is 29.9. The topological polar surface area (TPSA) is 107 Å². The maximum atomic E-state index is 15.2. The fourth-order valence-corrected chi connectivity index (χ4v) is 7.43. The lowest BCUT2D eigenvalue weighted by Gasteiger charge is -2.25. The van der Waals surface area contributed by atoms with Crippen molar-refractivity contribution in [1.82, 2.24) is 19.1 Å². The predicted molar refractivity (Wildman–Crippen MR) is 189 cm³/mol. The summed E-state index contributed by atoms with van der Waals surface area (Å²) >= 11 is 0. The van der Waals surface area contributed by atoms with Crippen LogP contribution in [-0.4, -0.2) is 19.1 Å². The number of aryl methyl sites for hydroxylation is 2. The summed E-state index contributed by atoms with van der Waals surface area (Å²) in [5.74, 6) is 0. The molecule has 0 radical (unpaired) electrons. The molecule has 19 heteroatoms. The molecule has 5 aromatic carbocycles. The fourth-order valence-electron chi connectivity index (χ4n) is 7.43. The Morgan fingerprint density at radius 1 is 0.525 bits per heavy atom. The van der Waals surface area contributed by atoms with Gasteiger partial charge in [-0.05, 0) is 65.2 Å². The van der Waals surface area contributed by atoms with Crippen LogP contribution in [0, 0.1) is 34.0 Å². The normalized spacial score (nSPS) is 13.2. The fraction of sp³-hybridized carbons (Fsp3) is 0.175. The first-order valence-electron chi connectivity index (χ1n) is 16.7. The molecule has 0 spiro atoms. The van der Waals surface area contributed by atoms with Gasteiger partial charge in [-0.3, -0.25) is 0 Å². The molecular formula is C40H19F12N7. The second-order valence-corrected chi connectivity index (χ2v) is 13.3. The zero-order chi connectivity index (χ0) is 43.3. The summed E-state index contributed by atoms with van der Waals surface area (Å²) in [6.45, 7) is 1.35. The van der Waals surface area contributed by atoms with E-state index in [-0.39, 0.29) is 84.4 Å². The van der Waals surface area contributed by atoms with Gasteiger partial charge >= 0.3 is 24.7 Å². The van der Waals surface area contributed by atoms with Gasteiger partial charge in [0.1, 0.15) is 17.6 Å². The van der Waals surface area contributed by atoms with Crippen LogP contribution in [0.25, 0.3) is 77.0 Å². The van der Waals surface area contributed by atoms with Crippen molar-refractivity contribution in [3.8, 4) is 40.5 Å². The summed E-state index contributed by atoms with van der Waals surface area (Å²) in [6.07, 6.45) is -22.0. The van der Waals surface area contributed by atoms with Gasteiger partial charge in [-0.1, -0.05) is 24.3 Å². The lowest BCUT2D eigenvalue weighted by Crippen LogP contribution is -2.18. The SMILES string of the molecule is C/C(C#N)=c1\nc2ccc3c4ccc5nc(=C(C#N)C#N)n(C)c5c4c(-c4ccc(C(F)(F)F)cc4C(F)(F)F)c(-c4ccc(C(F)(F)F)cc4C(F)(F)F)c3c2n1C. The van der Waals surface area contributed by atoms with Crippen molar-refractivity contribution in [3.63, 3.8) is 0 Å². The summed E-state index contributed by atoms with van der Waals surface area (Å²) in [5, 5.41) is 28.4. The van der Waals surface area contributed by atoms with Crippen LogP contribution in [0.1, 0.15) is 29.2 Å². The van der Waals surface area contributed by atoms with Gasteiger partial charge in [0.2, 0.25) is 0 Å². The van der Waals surface area contributed by atoms with Gasteiger partial charge in [-0.25, -0.2) is 9.97 Å². The Labute approximate surface area is 322 Å². The highest BCUT2D eigenvalue weighted by Gasteiger charge is 2.42. The number of rotatable bonds is 2. The predicted octanol–water partition coefficient (Wildman–Crippen LogP) is 10.1. The van der Waals surface area contributed by atoms with Crippen molar-refractivity contribution >= 4 is 54.8 Å². The van der Waals surface area contributed by atoms with Crippen molar-refractivity contribution in [2.45, 2.75) is 31.6 Å². The molecule has 59 heavy (non-hydrogen) atoms. The first kappa shape index (κ1) is 40.1. The average Bonchev–Trinajstić information content (AvgIpc) is 3.68. The van der Waals surface area contributed by atoms with Crippen LogP contribution in [-0.2, 0) is 38.8 Å². The van der Waals surface area contributed by atoms with E-state index in [1.54, 1.807) is 12.1 Å². The molecule has 0 aliphatic carbocycles. The Hall–Kier alpha value is -7.07. The number of halogens is 12. The Morgan fingerprint density at radius 2 is 0.915 bits per heavy atom. The number of nitriles is 3. The van der Waals surface area contributed by atoms with Crippen molar-refractivity contribution in [2.24, 2.45) is 14.1 Å². The van der Waals surface area contributed by atoms with Crippen molar-refractivity contribution < 1.29 is 52.7 Å². The first-order valence-corrected chi connectivity index (χ1v) is 16.7. The van der Waals surface area contributed by atoms with E-state index in [0.29, 0.717) is 12.1 Å². The molecule has 7 nitrogen and oxygen atoms in total. The minimum atomic E-state index is -5.64. The van der Waals surface area contributed by atoms with Crippen LogP contribution in [0.3, 0.4) is 0 Å². The molecule has 0 N–H and O–H groups in total. The summed E-state index contributed by atoms with van der Waals surface area (Å²) in [5.41, 5.74) is -12.8. The van der Waals surface area contributed by atoms with Crippen LogP contribution >= 0.6 is 0 Å². The van der Waals surface area contributed by atoms with Crippen LogP contribution in [0.4, 0.5) is 52.7 Å². The lowest BCUT2D eigenvalue weighted by molar-refractivity contribution is -0.144. The zero-order valence-electron chi connectivity index (χ0n) is 29.9. The average molecular weight is 826 g/mol. The lowest BCUT2D eigenvalue weighted by atomic mass is 9.81. The van der Waals surface area contributed by atoms with Crippen LogP contribution in [0.2, 0.25) is 0 Å². The molecule has 0 saturated carbocycles. The molecule has 7 rings (SSSR count). The van der Waals surface area contributed by atoms with Gasteiger partial charge in [-0.15, -0.1) is 0 Å². The summed E-state index contributed by atoms with van der Waals surface area (Å²) in [4.78, 5) is 8.71. The monoisotopic (exact) mass is 825 g/mol. The molecule has 0 fully saturated rings. The smallest absolute Gasteiger partial charge is 0.326 e. The van der Waals surface area contributed by atoms with Crippen molar-refractivity contribution in [3.05, 3.63) is 93.9 Å². The number of fused-ring (bicyclic) bond motifs is 7. The van der Waals surface area contributed by atoms with Gasteiger partial charge in [0.25, 0.3) is 0 Å². The summed E-state index contributed by atoms with van der Waals surface area (Å²) < 4.78 is 178. The highest BCUT2D eigenvalue weighted by Crippen LogP contribution is 2.54. The standard InChI is InChI=1S/C40H19F12N7/c1-17(14-53)35-56-27-10-8-21-22-9-11-28-34(59(3)36(57-28)18(15-54)16-55)32(22)30(24-7-5-20(38(44,45)46)13-26(24)40(50,51)52)29(31(21)33(27)58(35)2)23-6-4-19(37(41,42)43)12-25(23)39(47,48)49/h4-13H,1-3H3/b35-17-. The third kappa shape index (κ3) is 6.32. The van der Waals surface area contributed by atoms with Crippen molar-refractivity contribution in [1.29, 1.82) is 15.8 Å². The first-order chi connectivity index (χ1) is 27.4. The summed E-state index contributed by atoms with van der Waals surface area (Å²) in [6, 6.07) is 11.5. The Balaban J connectivity index is 1.95. The number of alkyl halides is 12. The van der Waals surface area contributed by atoms with E-state index in [1.165, 1.54) is 49.9 Å². The van der Waals surface area contributed by atoms with E-state index < -0.39 is 74.8 Å². The molecule has 0 aliphatic rings.